The molecule has 0 aliphatic carbocycles. The summed E-state index contributed by atoms with van der Waals surface area (Å²) >= 11 is 0. The molecule has 4 aromatic carbocycles. The van der Waals surface area contributed by atoms with Crippen LogP contribution in [-0.4, -0.2) is 14.4 Å². The third kappa shape index (κ3) is 4.45. The molecule has 0 atom stereocenters. The molecule has 0 spiro atoms. The summed E-state index contributed by atoms with van der Waals surface area (Å²) in [6, 6.07) is 33.9. The molecule has 1 aliphatic heterocycles. The number of rotatable bonds is 4. The molecule has 0 fully saturated rings. The molecule has 3 aromatic heterocycles. The summed E-state index contributed by atoms with van der Waals surface area (Å²) in [7, 11) is 0. The Hall–Kier alpha value is -4.67. The molecule has 4 heterocycles. The van der Waals surface area contributed by atoms with Crippen LogP contribution >= 0.6 is 0 Å². The Morgan fingerprint density at radius 3 is 2.26 bits per heavy atom. The summed E-state index contributed by atoms with van der Waals surface area (Å²) in [5.74, 6) is 1.21. The molecule has 0 amide bonds. The fourth-order valence-electron chi connectivity index (χ4n) is 6.18. The first-order valence-electron chi connectivity index (χ1n) is 13.9. The quantitative estimate of drug-likeness (QED) is 0.134. The first-order chi connectivity index (χ1) is 20.5. The fraction of sp³-hybridized carbons (Fsp3) is 0.0833. The van der Waals surface area contributed by atoms with Gasteiger partial charge in [0.2, 0.25) is 0 Å². The maximum atomic E-state index is 6.36. The average Bonchev–Trinajstić information content (AvgIpc) is 3.64. The van der Waals surface area contributed by atoms with Gasteiger partial charge in [-0.1, -0.05) is 52.7 Å². The Bertz CT molecular complexity index is 2150. The average molecular weight is 740 g/mol. The summed E-state index contributed by atoms with van der Waals surface area (Å²) in [5.41, 5.74) is 9.70. The van der Waals surface area contributed by atoms with Gasteiger partial charge in [0.25, 0.3) is 0 Å². The van der Waals surface area contributed by atoms with Crippen LogP contribution in [-0.2, 0) is 21.1 Å². The normalized spacial score (nSPS) is 12.6. The van der Waals surface area contributed by atoms with E-state index in [2.05, 4.69) is 114 Å². The van der Waals surface area contributed by atoms with Gasteiger partial charge in [-0.15, -0.1) is 42.7 Å². The van der Waals surface area contributed by atoms with E-state index < -0.39 is 0 Å². The maximum absolute atomic E-state index is 6.36. The predicted octanol–water partition coefficient (Wildman–Crippen LogP) is 8.76. The molecule has 0 saturated carbocycles. The fourth-order valence-corrected chi connectivity index (χ4v) is 6.18. The summed E-state index contributed by atoms with van der Waals surface area (Å²) in [5, 5.41) is 2.96. The van der Waals surface area contributed by atoms with E-state index in [1.807, 2.05) is 34.9 Å². The molecular weight excluding hydrogens is 714 g/mol. The number of benzene rings is 4. The van der Waals surface area contributed by atoms with Crippen molar-refractivity contribution >= 4 is 50.2 Å². The Kier molecular flexibility index (Phi) is 6.67. The van der Waals surface area contributed by atoms with E-state index in [0.717, 1.165) is 44.5 Å². The van der Waals surface area contributed by atoms with Crippen molar-refractivity contribution in [3.8, 4) is 11.5 Å². The largest absolute Gasteiger partial charge is 0.503 e. The van der Waals surface area contributed by atoms with Crippen molar-refractivity contribution in [3.05, 3.63) is 133 Å². The second-order valence-electron chi connectivity index (χ2n) is 10.7. The number of imidazole rings is 1. The zero-order valence-electron chi connectivity index (χ0n) is 23.8. The first-order valence-corrected chi connectivity index (χ1v) is 13.9. The number of aryl methyl sites for hydroxylation is 3. The maximum Gasteiger partial charge on any atom is 0.128 e. The van der Waals surface area contributed by atoms with Crippen molar-refractivity contribution in [1.29, 1.82) is 0 Å². The van der Waals surface area contributed by atoms with Crippen LogP contribution < -0.4 is 14.5 Å². The van der Waals surface area contributed by atoms with Gasteiger partial charge < -0.3 is 18.9 Å². The smallest absolute Gasteiger partial charge is 0.128 e. The molecule has 1 aliphatic rings. The standard InChI is InChI=1S/C36H26N5O.Pt/c1-23-18-24(2)34(25(3)19-23)41-22-40(32-11-4-5-12-33(32)41)26-8-6-9-27(20-26)42-28-13-14-29-30-10-7-15-37-35(30)39-17-16-38-36(39)31(29)21-28;/h4-19,22H,1-3H3;/q-3;. The van der Waals surface area contributed by atoms with Gasteiger partial charge in [0.15, 0.2) is 0 Å². The third-order valence-corrected chi connectivity index (χ3v) is 7.83. The van der Waals surface area contributed by atoms with Gasteiger partial charge in [-0.3, -0.25) is 4.98 Å². The van der Waals surface area contributed by atoms with Gasteiger partial charge in [-0.05, 0) is 55.5 Å². The Morgan fingerprint density at radius 1 is 0.698 bits per heavy atom. The second-order valence-corrected chi connectivity index (χ2v) is 10.7. The first kappa shape index (κ1) is 27.2. The van der Waals surface area contributed by atoms with E-state index in [0.29, 0.717) is 11.5 Å². The van der Waals surface area contributed by atoms with E-state index in [1.165, 1.54) is 22.4 Å². The minimum absolute atomic E-state index is 0. The number of anilines is 4. The van der Waals surface area contributed by atoms with Crippen molar-refractivity contribution in [1.82, 2.24) is 14.4 Å². The van der Waals surface area contributed by atoms with Crippen LogP contribution in [0.2, 0.25) is 0 Å². The van der Waals surface area contributed by atoms with E-state index in [-0.39, 0.29) is 21.1 Å². The SMILES string of the molecule is Cc1cc(C)c(N2[CH-]N(c3[c-]c(Oc4[c-]c5c(cc4)c4cccnc4n4ccnc54)ccc3)c3ccccc32)c(C)c1.[Pt]. The van der Waals surface area contributed by atoms with Crippen molar-refractivity contribution < 1.29 is 25.8 Å². The molecule has 0 radical (unpaired) electrons. The molecule has 214 valence electrons. The number of aromatic nitrogens is 3. The Morgan fingerprint density at radius 2 is 1.44 bits per heavy atom. The molecule has 7 aromatic rings. The van der Waals surface area contributed by atoms with E-state index in [9.17, 15) is 0 Å². The number of para-hydroxylation sites is 2. The summed E-state index contributed by atoms with van der Waals surface area (Å²) < 4.78 is 8.35. The van der Waals surface area contributed by atoms with Crippen LogP contribution in [0.4, 0.5) is 22.7 Å². The van der Waals surface area contributed by atoms with Crippen LogP contribution in [0, 0.1) is 39.6 Å². The number of hydrogen-bond acceptors (Lipinski definition) is 5. The molecular formula is C36H26N5OPt-3. The van der Waals surface area contributed by atoms with Crippen LogP contribution in [0.5, 0.6) is 11.5 Å². The van der Waals surface area contributed by atoms with Gasteiger partial charge in [0.1, 0.15) is 5.65 Å². The van der Waals surface area contributed by atoms with Gasteiger partial charge in [-0.25, -0.2) is 4.98 Å². The summed E-state index contributed by atoms with van der Waals surface area (Å²) in [6.45, 7) is 8.63. The number of nitrogens with zero attached hydrogens (tertiary/aromatic N) is 5. The number of ether oxygens (including phenoxy) is 1. The minimum atomic E-state index is 0. The van der Waals surface area contributed by atoms with Crippen LogP contribution in [0.1, 0.15) is 16.7 Å². The topological polar surface area (TPSA) is 45.9 Å². The zero-order chi connectivity index (χ0) is 28.4. The van der Waals surface area contributed by atoms with Gasteiger partial charge in [-0.2, -0.15) is 6.07 Å². The van der Waals surface area contributed by atoms with E-state index in [4.69, 9.17) is 4.74 Å². The second kappa shape index (κ2) is 10.6. The minimum Gasteiger partial charge on any atom is -0.503 e. The van der Waals surface area contributed by atoms with Crippen LogP contribution in [0.3, 0.4) is 0 Å². The molecule has 0 saturated heterocycles. The van der Waals surface area contributed by atoms with Crippen molar-refractivity contribution in [2.24, 2.45) is 0 Å². The molecule has 43 heavy (non-hydrogen) atoms. The van der Waals surface area contributed by atoms with Crippen molar-refractivity contribution in [3.63, 3.8) is 0 Å². The number of pyridine rings is 2. The van der Waals surface area contributed by atoms with E-state index >= 15 is 0 Å². The zero-order valence-corrected chi connectivity index (χ0v) is 26.0. The monoisotopic (exact) mass is 739 g/mol. The molecule has 0 unspecified atom stereocenters. The Labute approximate surface area is 264 Å². The van der Waals surface area contributed by atoms with Crippen LogP contribution in [0.15, 0.2) is 97.5 Å². The third-order valence-electron chi connectivity index (χ3n) is 7.83. The van der Waals surface area contributed by atoms with Gasteiger partial charge in [0.05, 0.1) is 5.65 Å². The van der Waals surface area contributed by atoms with E-state index in [1.54, 1.807) is 12.4 Å². The van der Waals surface area contributed by atoms with Crippen LogP contribution in [0.25, 0.3) is 27.5 Å². The van der Waals surface area contributed by atoms with Crippen molar-refractivity contribution in [2.75, 3.05) is 9.80 Å². The summed E-state index contributed by atoms with van der Waals surface area (Å²) in [4.78, 5) is 13.6. The van der Waals surface area contributed by atoms with Gasteiger partial charge >= 0.3 is 0 Å². The predicted molar refractivity (Wildman–Crippen MR) is 168 cm³/mol. The van der Waals surface area contributed by atoms with Crippen molar-refractivity contribution in [2.45, 2.75) is 20.8 Å². The molecule has 7 heteroatoms. The molecule has 0 bridgehead atoms. The molecule has 0 N–H and O–H groups in total. The van der Waals surface area contributed by atoms with Gasteiger partial charge in [0, 0.05) is 68.2 Å². The Balaban J connectivity index is 0.00000300. The number of hydrogen-bond donors (Lipinski definition) is 0. The summed E-state index contributed by atoms with van der Waals surface area (Å²) in [6.07, 6.45) is 5.51. The molecule has 6 nitrogen and oxygen atoms in total. The molecule has 8 rings (SSSR count). The number of fused-ring (bicyclic) bond motifs is 7.